The van der Waals surface area contributed by atoms with Gasteiger partial charge in [0.25, 0.3) is 5.91 Å². The van der Waals surface area contributed by atoms with Crippen molar-refractivity contribution in [1.29, 1.82) is 0 Å². The molecule has 0 spiro atoms. The number of ether oxygens (including phenoxy) is 1. The average molecular weight is 377 g/mol. The number of amides is 1. The van der Waals surface area contributed by atoms with Gasteiger partial charge in [-0.3, -0.25) is 14.6 Å². The van der Waals surface area contributed by atoms with E-state index in [4.69, 9.17) is 4.74 Å². The smallest absolute Gasteiger partial charge is 0.257 e. The predicted molar refractivity (Wildman–Crippen MR) is 106 cm³/mol. The Morgan fingerprint density at radius 2 is 1.82 bits per heavy atom. The van der Waals surface area contributed by atoms with E-state index in [0.717, 1.165) is 17.5 Å². The van der Waals surface area contributed by atoms with Gasteiger partial charge in [-0.1, -0.05) is 30.3 Å². The molecule has 1 saturated heterocycles. The number of ketones is 1. The van der Waals surface area contributed by atoms with E-state index >= 15 is 0 Å². The second-order valence-electron chi connectivity index (χ2n) is 6.97. The number of carbonyl (C=O) groups is 2. The molecule has 1 aromatic carbocycles. The lowest BCUT2D eigenvalue weighted by Crippen LogP contribution is -2.40. The van der Waals surface area contributed by atoms with Gasteiger partial charge < -0.3 is 14.2 Å². The fraction of sp³-hybridized carbons (Fsp3) is 0.318. The highest BCUT2D eigenvalue weighted by molar-refractivity contribution is 6.05. The Kier molecular flexibility index (Phi) is 5.48. The van der Waals surface area contributed by atoms with Gasteiger partial charge in [0.2, 0.25) is 0 Å². The fourth-order valence-electron chi connectivity index (χ4n) is 3.54. The third-order valence-electron chi connectivity index (χ3n) is 5.05. The summed E-state index contributed by atoms with van der Waals surface area (Å²) in [5.41, 5.74) is 3.16. The minimum Gasteiger partial charge on any atom is -0.378 e. The summed E-state index contributed by atoms with van der Waals surface area (Å²) in [6, 6.07) is 13.7. The maximum absolute atomic E-state index is 13.0. The molecule has 0 atom stereocenters. The van der Waals surface area contributed by atoms with Crippen LogP contribution in [0.25, 0.3) is 11.0 Å². The lowest BCUT2D eigenvalue weighted by atomic mass is 10.1. The molecule has 3 aromatic rings. The largest absolute Gasteiger partial charge is 0.378 e. The minimum absolute atomic E-state index is 0.0533. The summed E-state index contributed by atoms with van der Waals surface area (Å²) < 4.78 is 7.19. The Morgan fingerprint density at radius 1 is 1.04 bits per heavy atom. The van der Waals surface area contributed by atoms with Gasteiger partial charge in [-0.2, -0.15) is 0 Å². The topological polar surface area (TPSA) is 64.4 Å². The van der Waals surface area contributed by atoms with E-state index in [1.165, 1.54) is 0 Å². The number of rotatable bonds is 6. The van der Waals surface area contributed by atoms with E-state index in [1.54, 1.807) is 17.3 Å². The monoisotopic (exact) mass is 377 g/mol. The number of hydrogen-bond donors (Lipinski definition) is 0. The zero-order chi connectivity index (χ0) is 19.3. The molecule has 6 nitrogen and oxygen atoms in total. The standard InChI is InChI=1S/C22H23N3O3/c26-18(9-8-17-5-2-1-3-6-17)15-25-16-19(21-20(25)7-4-10-23-21)22(27)24-11-13-28-14-12-24/h1-7,10,16H,8-9,11-15H2. The summed E-state index contributed by atoms with van der Waals surface area (Å²) in [6.45, 7) is 2.50. The number of carbonyl (C=O) groups excluding carboxylic acids is 2. The van der Waals surface area contributed by atoms with Gasteiger partial charge in [-0.15, -0.1) is 0 Å². The van der Waals surface area contributed by atoms with E-state index in [-0.39, 0.29) is 18.2 Å². The van der Waals surface area contributed by atoms with Crippen LogP contribution in [0.3, 0.4) is 0 Å². The van der Waals surface area contributed by atoms with Crippen LogP contribution >= 0.6 is 0 Å². The number of aromatic nitrogens is 2. The van der Waals surface area contributed by atoms with Crippen LogP contribution in [0.5, 0.6) is 0 Å². The number of aryl methyl sites for hydroxylation is 1. The molecule has 3 heterocycles. The highest BCUT2D eigenvalue weighted by Crippen LogP contribution is 2.21. The highest BCUT2D eigenvalue weighted by Gasteiger charge is 2.23. The maximum Gasteiger partial charge on any atom is 0.257 e. The molecule has 28 heavy (non-hydrogen) atoms. The molecule has 144 valence electrons. The number of Topliss-reactive ketones (excluding diaryl/α,β-unsaturated/α-hetero) is 1. The molecule has 0 unspecified atom stereocenters. The minimum atomic E-state index is -0.0533. The molecule has 1 fully saturated rings. The third kappa shape index (κ3) is 3.97. The van der Waals surface area contributed by atoms with Crippen molar-refractivity contribution in [2.75, 3.05) is 26.3 Å². The first-order valence-corrected chi connectivity index (χ1v) is 9.59. The van der Waals surface area contributed by atoms with Crippen molar-refractivity contribution in [3.63, 3.8) is 0 Å². The first-order chi connectivity index (χ1) is 13.7. The predicted octanol–water partition coefficient (Wildman–Crippen LogP) is 2.71. The number of nitrogens with zero attached hydrogens (tertiary/aromatic N) is 3. The summed E-state index contributed by atoms with van der Waals surface area (Å²) in [5.74, 6) is 0.0810. The van der Waals surface area contributed by atoms with Crippen LogP contribution in [0.4, 0.5) is 0 Å². The molecular weight excluding hydrogens is 354 g/mol. The molecular formula is C22H23N3O3. The molecule has 0 radical (unpaired) electrons. The van der Waals surface area contributed by atoms with E-state index in [0.29, 0.717) is 43.8 Å². The molecule has 4 rings (SSSR count). The van der Waals surface area contributed by atoms with Crippen molar-refractivity contribution in [3.05, 3.63) is 66.0 Å². The van der Waals surface area contributed by atoms with Crippen molar-refractivity contribution < 1.29 is 14.3 Å². The Morgan fingerprint density at radius 3 is 2.61 bits per heavy atom. The van der Waals surface area contributed by atoms with Gasteiger partial charge in [0.15, 0.2) is 5.78 Å². The van der Waals surface area contributed by atoms with Crippen molar-refractivity contribution in [1.82, 2.24) is 14.5 Å². The van der Waals surface area contributed by atoms with Gasteiger partial charge in [0.05, 0.1) is 30.8 Å². The molecule has 2 aromatic heterocycles. The van der Waals surface area contributed by atoms with Gasteiger partial charge in [0.1, 0.15) is 5.52 Å². The van der Waals surface area contributed by atoms with Gasteiger partial charge in [0, 0.05) is 31.9 Å². The van der Waals surface area contributed by atoms with Crippen molar-refractivity contribution in [2.45, 2.75) is 19.4 Å². The van der Waals surface area contributed by atoms with Crippen LogP contribution in [-0.4, -0.2) is 52.4 Å². The summed E-state index contributed by atoms with van der Waals surface area (Å²) >= 11 is 0. The van der Waals surface area contributed by atoms with Crippen LogP contribution in [0.1, 0.15) is 22.3 Å². The van der Waals surface area contributed by atoms with Crippen LogP contribution in [0, 0.1) is 0 Å². The fourth-order valence-corrected chi connectivity index (χ4v) is 3.54. The third-order valence-corrected chi connectivity index (χ3v) is 5.05. The summed E-state index contributed by atoms with van der Waals surface area (Å²) in [7, 11) is 0. The van der Waals surface area contributed by atoms with Gasteiger partial charge in [-0.25, -0.2) is 0 Å². The number of morpholine rings is 1. The highest BCUT2D eigenvalue weighted by atomic mass is 16.5. The van der Waals surface area contributed by atoms with Crippen molar-refractivity contribution in [2.24, 2.45) is 0 Å². The SMILES string of the molecule is O=C(CCc1ccccc1)Cn1cc(C(=O)N2CCOCC2)c2ncccc21. The normalized spacial score (nSPS) is 14.4. The second kappa shape index (κ2) is 8.35. The molecule has 6 heteroatoms. The van der Waals surface area contributed by atoms with Gasteiger partial charge in [-0.05, 0) is 24.1 Å². The lowest BCUT2D eigenvalue weighted by Gasteiger charge is -2.26. The quantitative estimate of drug-likeness (QED) is 0.663. The number of pyridine rings is 1. The van der Waals surface area contributed by atoms with E-state index in [9.17, 15) is 9.59 Å². The summed E-state index contributed by atoms with van der Waals surface area (Å²) in [6.07, 6.45) is 4.64. The Hall–Kier alpha value is -2.99. The molecule has 1 amide bonds. The molecule has 1 aliphatic heterocycles. The molecule has 0 bridgehead atoms. The van der Waals surface area contributed by atoms with Crippen LogP contribution in [-0.2, 0) is 22.5 Å². The lowest BCUT2D eigenvalue weighted by molar-refractivity contribution is -0.119. The Balaban J connectivity index is 1.52. The van der Waals surface area contributed by atoms with E-state index < -0.39 is 0 Å². The van der Waals surface area contributed by atoms with E-state index in [2.05, 4.69) is 4.98 Å². The Bertz CT molecular complexity index is 975. The Labute approximate surface area is 163 Å². The second-order valence-corrected chi connectivity index (χ2v) is 6.97. The number of benzene rings is 1. The molecule has 0 aliphatic carbocycles. The summed E-state index contributed by atoms with van der Waals surface area (Å²) in [4.78, 5) is 31.7. The van der Waals surface area contributed by atoms with Crippen molar-refractivity contribution >= 4 is 22.7 Å². The first-order valence-electron chi connectivity index (χ1n) is 9.59. The molecule has 1 aliphatic rings. The van der Waals surface area contributed by atoms with Crippen LogP contribution in [0.2, 0.25) is 0 Å². The van der Waals surface area contributed by atoms with Crippen molar-refractivity contribution in [3.8, 4) is 0 Å². The first kappa shape index (κ1) is 18.4. The molecule has 0 saturated carbocycles. The maximum atomic E-state index is 13.0. The van der Waals surface area contributed by atoms with Crippen LogP contribution < -0.4 is 0 Å². The number of fused-ring (bicyclic) bond motifs is 1. The van der Waals surface area contributed by atoms with E-state index in [1.807, 2.05) is 47.0 Å². The summed E-state index contributed by atoms with van der Waals surface area (Å²) in [5, 5.41) is 0. The van der Waals surface area contributed by atoms with Gasteiger partial charge >= 0.3 is 0 Å². The van der Waals surface area contributed by atoms with Crippen LogP contribution in [0.15, 0.2) is 54.9 Å². The zero-order valence-electron chi connectivity index (χ0n) is 15.7. The number of hydrogen-bond acceptors (Lipinski definition) is 4. The molecule has 0 N–H and O–H groups in total. The zero-order valence-corrected chi connectivity index (χ0v) is 15.7. The average Bonchev–Trinajstić information content (AvgIpc) is 3.11.